The number of aryl methyl sites for hydroxylation is 1. The minimum absolute atomic E-state index is 0.0342. The molecule has 0 saturated carbocycles. The predicted molar refractivity (Wildman–Crippen MR) is 210 cm³/mol. The molecule has 10 nitrogen and oxygen atoms in total. The Balaban J connectivity index is 2.18. The fourth-order valence-electron chi connectivity index (χ4n) is 8.07. The molecule has 1 aromatic carbocycles. The molecular weight excluding hydrogens is 656 g/mol. The van der Waals surface area contributed by atoms with Crippen molar-refractivity contribution in [3.05, 3.63) is 29.8 Å². The maximum absolute atomic E-state index is 14.2. The van der Waals surface area contributed by atoms with Gasteiger partial charge in [0.1, 0.15) is 5.78 Å². The Morgan fingerprint density at radius 2 is 1.54 bits per heavy atom. The van der Waals surface area contributed by atoms with Gasteiger partial charge in [-0.05, 0) is 68.2 Å². The molecule has 10 heteroatoms. The number of carbonyl (C=O) groups excluding carboxylic acids is 4. The van der Waals surface area contributed by atoms with Crippen LogP contribution in [-0.4, -0.2) is 112 Å². The summed E-state index contributed by atoms with van der Waals surface area (Å²) in [4.78, 5) is 60.8. The van der Waals surface area contributed by atoms with Crippen molar-refractivity contribution < 1.29 is 28.7 Å². The van der Waals surface area contributed by atoms with E-state index in [1.807, 2.05) is 53.6 Å². The fraction of sp³-hybridized carbons (Fsp3) is 0.762. The third-order valence-electron chi connectivity index (χ3n) is 11.6. The molecule has 0 aliphatic carbocycles. The molecule has 2 rings (SSSR count). The highest BCUT2D eigenvalue weighted by Crippen LogP contribution is 2.31. The van der Waals surface area contributed by atoms with Crippen LogP contribution in [-0.2, 0) is 35.1 Å². The van der Waals surface area contributed by atoms with E-state index in [9.17, 15) is 19.2 Å². The summed E-state index contributed by atoms with van der Waals surface area (Å²) in [7, 11) is 10.8. The standard InChI is InChI=1S/C42H72N4O6/c1-14-29(6)40(45(11)42(50)33(27(2)3)25-36(48)39(43-8)28(4)5)37(51-12)26-38(49)46-24-16-18-34(46)41(52-13)30(7)35(47)19-15-17-31-20-22-32(23-21-31)44(9)10/h20-23,27-30,33-34,37,39-41,43H,14-19,24-26H2,1-13H3/t29?,30-,33-,34-,37+,39-,40-,41+/m0/s1. The van der Waals surface area contributed by atoms with E-state index >= 15 is 0 Å². The molecule has 1 aromatic rings. The zero-order valence-electron chi connectivity index (χ0n) is 34.7. The first-order chi connectivity index (χ1) is 24.5. The molecule has 2 amide bonds. The lowest BCUT2D eigenvalue weighted by atomic mass is 9.84. The number of likely N-dealkylation sites (tertiary alicyclic amines) is 1. The number of hydrogen-bond donors (Lipinski definition) is 1. The monoisotopic (exact) mass is 729 g/mol. The Labute approximate surface area is 315 Å². The lowest BCUT2D eigenvalue weighted by Gasteiger charge is -2.41. The number of hydrogen-bond acceptors (Lipinski definition) is 8. The van der Waals surface area contributed by atoms with Crippen molar-refractivity contribution in [3.8, 4) is 0 Å². The summed E-state index contributed by atoms with van der Waals surface area (Å²) in [6.45, 7) is 14.7. The molecule has 52 heavy (non-hydrogen) atoms. The Bertz CT molecular complexity index is 1270. The second-order valence-corrected chi connectivity index (χ2v) is 16.0. The zero-order chi connectivity index (χ0) is 39.3. The van der Waals surface area contributed by atoms with Gasteiger partial charge in [-0.2, -0.15) is 0 Å². The summed E-state index contributed by atoms with van der Waals surface area (Å²) in [5.41, 5.74) is 2.35. The van der Waals surface area contributed by atoms with Gasteiger partial charge in [0, 0.05) is 72.3 Å². The highest BCUT2D eigenvalue weighted by Gasteiger charge is 2.42. The van der Waals surface area contributed by atoms with Crippen LogP contribution in [0.3, 0.4) is 0 Å². The smallest absolute Gasteiger partial charge is 0.226 e. The first-order valence-electron chi connectivity index (χ1n) is 19.6. The Kier molecular flexibility index (Phi) is 19.0. The summed E-state index contributed by atoms with van der Waals surface area (Å²) in [6, 6.07) is 7.53. The highest BCUT2D eigenvalue weighted by molar-refractivity contribution is 5.90. The predicted octanol–water partition coefficient (Wildman–Crippen LogP) is 6.04. The number of Topliss-reactive ketones (excluding diaryl/α,β-unsaturated/α-hetero) is 2. The minimum atomic E-state index is -0.547. The maximum atomic E-state index is 14.2. The summed E-state index contributed by atoms with van der Waals surface area (Å²) >= 11 is 0. The average molecular weight is 729 g/mol. The van der Waals surface area contributed by atoms with Crippen molar-refractivity contribution in [2.45, 2.75) is 130 Å². The van der Waals surface area contributed by atoms with Crippen LogP contribution in [0.4, 0.5) is 5.69 Å². The van der Waals surface area contributed by atoms with Crippen LogP contribution < -0.4 is 10.2 Å². The van der Waals surface area contributed by atoms with Crippen LogP contribution in [0.25, 0.3) is 0 Å². The number of amides is 2. The van der Waals surface area contributed by atoms with E-state index < -0.39 is 18.1 Å². The van der Waals surface area contributed by atoms with Crippen molar-refractivity contribution >= 4 is 29.1 Å². The Morgan fingerprint density at radius 1 is 0.904 bits per heavy atom. The Hall–Kier alpha value is -2.82. The molecular formula is C42H72N4O6. The molecule has 1 aliphatic heterocycles. The number of rotatable bonds is 23. The van der Waals surface area contributed by atoms with Crippen molar-refractivity contribution in [2.24, 2.45) is 29.6 Å². The summed E-state index contributed by atoms with van der Waals surface area (Å²) < 4.78 is 12.0. The summed E-state index contributed by atoms with van der Waals surface area (Å²) in [6.07, 6.45) is 3.72. The van der Waals surface area contributed by atoms with E-state index in [2.05, 4.69) is 48.3 Å². The highest BCUT2D eigenvalue weighted by atomic mass is 16.5. The lowest BCUT2D eigenvalue weighted by molar-refractivity contribution is -0.149. The van der Waals surface area contributed by atoms with Crippen molar-refractivity contribution in [1.82, 2.24) is 15.1 Å². The SMILES string of the molecule is CCC(C)[C@@H]([C@@H](CC(=O)N1CCC[C@H]1[C@H](OC)[C@@H](C)C(=O)CCCc1ccc(N(C)C)cc1)OC)N(C)C(=O)[C@@H](CC(=O)[C@@H](NC)C(C)C)C(C)C. The number of benzene rings is 1. The quantitative estimate of drug-likeness (QED) is 0.145. The third-order valence-corrected chi connectivity index (χ3v) is 11.6. The fourth-order valence-corrected chi connectivity index (χ4v) is 8.07. The van der Waals surface area contributed by atoms with Gasteiger partial charge in [-0.25, -0.2) is 0 Å². The maximum Gasteiger partial charge on any atom is 0.226 e. The number of ketones is 2. The van der Waals surface area contributed by atoms with Crippen LogP contribution in [0.1, 0.15) is 99.0 Å². The van der Waals surface area contributed by atoms with Crippen molar-refractivity contribution in [2.75, 3.05) is 53.9 Å². The molecule has 1 N–H and O–H groups in total. The van der Waals surface area contributed by atoms with Gasteiger partial charge in [0.2, 0.25) is 11.8 Å². The normalized spacial score (nSPS) is 18.8. The molecule has 0 spiro atoms. The van der Waals surface area contributed by atoms with E-state index in [4.69, 9.17) is 9.47 Å². The van der Waals surface area contributed by atoms with Crippen molar-refractivity contribution in [3.63, 3.8) is 0 Å². The van der Waals surface area contributed by atoms with E-state index in [0.29, 0.717) is 13.0 Å². The molecule has 296 valence electrons. The molecule has 0 aromatic heterocycles. The van der Waals surface area contributed by atoms with Gasteiger partial charge in [0.25, 0.3) is 0 Å². The topological polar surface area (TPSA) is 108 Å². The van der Waals surface area contributed by atoms with Gasteiger partial charge in [0.15, 0.2) is 5.78 Å². The number of nitrogens with zero attached hydrogens (tertiary/aromatic N) is 3. The summed E-state index contributed by atoms with van der Waals surface area (Å²) in [5, 5.41) is 3.12. The van der Waals surface area contributed by atoms with E-state index in [1.54, 1.807) is 33.2 Å². The molecule has 1 unspecified atom stereocenters. The number of anilines is 1. The van der Waals surface area contributed by atoms with Gasteiger partial charge >= 0.3 is 0 Å². The van der Waals surface area contributed by atoms with Gasteiger partial charge in [-0.3, -0.25) is 19.2 Å². The molecule has 1 fully saturated rings. The third kappa shape index (κ3) is 12.1. The number of carbonyl (C=O) groups is 4. The Morgan fingerprint density at radius 3 is 2.04 bits per heavy atom. The second-order valence-electron chi connectivity index (χ2n) is 16.0. The first-order valence-corrected chi connectivity index (χ1v) is 19.6. The van der Waals surface area contributed by atoms with Crippen LogP contribution in [0.15, 0.2) is 24.3 Å². The molecule has 1 saturated heterocycles. The average Bonchev–Trinajstić information content (AvgIpc) is 3.59. The van der Waals surface area contributed by atoms with Crippen LogP contribution >= 0.6 is 0 Å². The number of nitrogens with one attached hydrogen (secondary N) is 1. The van der Waals surface area contributed by atoms with Crippen LogP contribution in [0, 0.1) is 29.6 Å². The van der Waals surface area contributed by atoms with Crippen molar-refractivity contribution in [1.29, 1.82) is 0 Å². The minimum Gasteiger partial charge on any atom is -0.379 e. The second kappa shape index (κ2) is 21.8. The van der Waals surface area contributed by atoms with Gasteiger partial charge in [-0.15, -0.1) is 0 Å². The van der Waals surface area contributed by atoms with E-state index in [-0.39, 0.29) is 78.0 Å². The van der Waals surface area contributed by atoms with Gasteiger partial charge in [0.05, 0.1) is 36.8 Å². The van der Waals surface area contributed by atoms with Crippen LogP contribution in [0.5, 0.6) is 0 Å². The van der Waals surface area contributed by atoms with Gasteiger partial charge in [-0.1, -0.05) is 67.0 Å². The van der Waals surface area contributed by atoms with E-state index in [0.717, 1.165) is 37.8 Å². The van der Waals surface area contributed by atoms with E-state index in [1.165, 1.54) is 5.56 Å². The molecule has 0 bridgehead atoms. The molecule has 0 radical (unpaired) electrons. The number of ether oxygens (including phenoxy) is 2. The first kappa shape index (κ1) is 45.3. The zero-order valence-corrected chi connectivity index (χ0v) is 34.7. The molecule has 1 heterocycles. The van der Waals surface area contributed by atoms with Gasteiger partial charge < -0.3 is 29.5 Å². The number of likely N-dealkylation sites (N-methyl/N-ethyl adjacent to an activating group) is 2. The molecule has 1 aliphatic rings. The lowest BCUT2D eigenvalue weighted by Crippen LogP contribution is -2.54. The van der Waals surface area contributed by atoms with Crippen LogP contribution in [0.2, 0.25) is 0 Å². The summed E-state index contributed by atoms with van der Waals surface area (Å²) in [5.74, 6) is -0.709. The largest absolute Gasteiger partial charge is 0.379 e. The number of methoxy groups -OCH3 is 2. The molecule has 8 atom stereocenters.